The minimum atomic E-state index is -0.409. The minimum absolute atomic E-state index is 0.116. The number of nitrogens with zero attached hydrogens (tertiary/aromatic N) is 2. The quantitative estimate of drug-likeness (QED) is 0.882. The fourth-order valence-electron chi connectivity index (χ4n) is 1.19. The Balaban J connectivity index is 2.28. The molecule has 1 aromatic heterocycles. The molecule has 0 bridgehead atoms. The van der Waals surface area contributed by atoms with Crippen molar-refractivity contribution >= 4 is 28.1 Å². The van der Waals surface area contributed by atoms with E-state index in [1.165, 1.54) is 17.4 Å². The molecule has 0 fully saturated rings. The largest absolute Gasteiger partial charge is 0.374 e. The lowest BCUT2D eigenvalue weighted by molar-refractivity contribution is 0.614. The summed E-state index contributed by atoms with van der Waals surface area (Å²) < 4.78 is 13.5. The Hall–Kier alpha value is -1.20. The smallest absolute Gasteiger partial charge is 0.203 e. The normalized spacial score (nSPS) is 10.5. The fraction of sp³-hybridized carbons (Fsp3) is 0.111. The van der Waals surface area contributed by atoms with Crippen molar-refractivity contribution in [1.82, 2.24) is 10.2 Å². The second kappa shape index (κ2) is 4.12. The number of aromatic nitrogens is 2. The van der Waals surface area contributed by atoms with Gasteiger partial charge in [0.2, 0.25) is 5.13 Å². The molecular weight excluding hydrogens is 237 g/mol. The Kier molecular flexibility index (Phi) is 2.83. The molecule has 6 heteroatoms. The van der Waals surface area contributed by atoms with Crippen LogP contribution in [0.25, 0.3) is 0 Å². The highest BCUT2D eigenvalue weighted by Crippen LogP contribution is 2.22. The number of hydrogen-bond acceptors (Lipinski definition) is 4. The van der Waals surface area contributed by atoms with Crippen molar-refractivity contribution in [3.05, 3.63) is 39.6 Å². The van der Waals surface area contributed by atoms with Gasteiger partial charge < -0.3 is 5.73 Å². The lowest BCUT2D eigenvalue weighted by Crippen LogP contribution is -1.92. The van der Waals surface area contributed by atoms with Crippen LogP contribution >= 0.6 is 22.9 Å². The van der Waals surface area contributed by atoms with Crippen LogP contribution in [0.3, 0.4) is 0 Å². The number of halogens is 2. The van der Waals surface area contributed by atoms with Crippen LogP contribution in [0.1, 0.15) is 10.6 Å². The average Bonchev–Trinajstić information content (AvgIpc) is 2.59. The van der Waals surface area contributed by atoms with Crippen LogP contribution in [0.4, 0.5) is 9.52 Å². The van der Waals surface area contributed by atoms with Crippen LogP contribution in [-0.2, 0) is 6.42 Å². The predicted molar refractivity (Wildman–Crippen MR) is 58.5 cm³/mol. The van der Waals surface area contributed by atoms with Crippen LogP contribution in [0.15, 0.2) is 18.2 Å². The standard InChI is InChI=1S/C9H7ClFN3S/c10-6-3-1-2-5(8(6)11)4-7-13-14-9(12)15-7/h1-3H,4H2,(H2,12,14). The Morgan fingerprint density at radius 2 is 2.20 bits per heavy atom. The first-order chi connectivity index (χ1) is 7.16. The molecule has 0 amide bonds. The van der Waals surface area contributed by atoms with E-state index in [1.807, 2.05) is 0 Å². The van der Waals surface area contributed by atoms with E-state index >= 15 is 0 Å². The second-order valence-corrected chi connectivity index (χ2v) is 4.42. The molecule has 78 valence electrons. The zero-order chi connectivity index (χ0) is 10.8. The SMILES string of the molecule is Nc1nnc(Cc2cccc(Cl)c2F)s1. The number of nitrogen functional groups attached to an aromatic ring is 1. The van der Waals surface area contributed by atoms with Crippen LogP contribution in [0.5, 0.6) is 0 Å². The Bertz CT molecular complexity index is 486. The molecule has 0 aliphatic heterocycles. The molecule has 0 unspecified atom stereocenters. The maximum Gasteiger partial charge on any atom is 0.203 e. The highest BCUT2D eigenvalue weighted by Gasteiger charge is 2.09. The Morgan fingerprint density at radius 1 is 1.40 bits per heavy atom. The van der Waals surface area contributed by atoms with Gasteiger partial charge in [0.25, 0.3) is 0 Å². The molecule has 0 saturated heterocycles. The van der Waals surface area contributed by atoms with Gasteiger partial charge in [-0.25, -0.2) is 4.39 Å². The van der Waals surface area contributed by atoms with Crippen molar-refractivity contribution in [3.8, 4) is 0 Å². The third kappa shape index (κ3) is 2.24. The first-order valence-corrected chi connectivity index (χ1v) is 5.37. The molecule has 0 radical (unpaired) electrons. The van der Waals surface area contributed by atoms with E-state index in [0.717, 1.165) is 0 Å². The van der Waals surface area contributed by atoms with Gasteiger partial charge in [-0.05, 0) is 11.6 Å². The molecule has 3 nitrogen and oxygen atoms in total. The van der Waals surface area contributed by atoms with Gasteiger partial charge in [0.15, 0.2) is 0 Å². The predicted octanol–water partition coefficient (Wildman–Crippen LogP) is 2.50. The van der Waals surface area contributed by atoms with Gasteiger partial charge in [-0.2, -0.15) is 0 Å². The maximum absolute atomic E-state index is 13.5. The lowest BCUT2D eigenvalue weighted by Gasteiger charge is -2.00. The summed E-state index contributed by atoms with van der Waals surface area (Å²) in [4.78, 5) is 0. The van der Waals surface area contributed by atoms with Crippen molar-refractivity contribution < 1.29 is 4.39 Å². The zero-order valence-electron chi connectivity index (χ0n) is 7.58. The summed E-state index contributed by atoms with van der Waals surface area (Å²) in [6.45, 7) is 0. The molecule has 0 saturated carbocycles. The molecule has 2 N–H and O–H groups in total. The molecule has 1 heterocycles. The Labute approximate surface area is 94.7 Å². The first kappa shape index (κ1) is 10.3. The van der Waals surface area contributed by atoms with Gasteiger partial charge in [0, 0.05) is 6.42 Å². The molecule has 0 aliphatic rings. The second-order valence-electron chi connectivity index (χ2n) is 2.92. The van der Waals surface area contributed by atoms with Crippen molar-refractivity contribution in [1.29, 1.82) is 0 Å². The van der Waals surface area contributed by atoms with E-state index in [-0.39, 0.29) is 5.02 Å². The van der Waals surface area contributed by atoms with Crippen LogP contribution in [0, 0.1) is 5.82 Å². The zero-order valence-corrected chi connectivity index (χ0v) is 9.15. The van der Waals surface area contributed by atoms with E-state index in [2.05, 4.69) is 10.2 Å². The van der Waals surface area contributed by atoms with E-state index in [9.17, 15) is 4.39 Å². The Morgan fingerprint density at radius 3 is 2.87 bits per heavy atom. The van der Waals surface area contributed by atoms with Gasteiger partial charge in [-0.1, -0.05) is 35.1 Å². The van der Waals surface area contributed by atoms with Crippen molar-refractivity contribution in [3.63, 3.8) is 0 Å². The third-order valence-corrected chi connectivity index (χ3v) is 2.90. The molecule has 0 spiro atoms. The molecule has 0 atom stereocenters. The topological polar surface area (TPSA) is 51.8 Å². The number of rotatable bonds is 2. The van der Waals surface area contributed by atoms with Crippen molar-refractivity contribution in [2.75, 3.05) is 5.73 Å². The molecule has 1 aromatic carbocycles. The summed E-state index contributed by atoms with van der Waals surface area (Å²) in [5.41, 5.74) is 5.92. The number of anilines is 1. The lowest BCUT2D eigenvalue weighted by atomic mass is 10.1. The van der Waals surface area contributed by atoms with Gasteiger partial charge in [0.05, 0.1) is 5.02 Å². The van der Waals surface area contributed by atoms with Crippen molar-refractivity contribution in [2.45, 2.75) is 6.42 Å². The van der Waals surface area contributed by atoms with E-state index in [4.69, 9.17) is 17.3 Å². The monoisotopic (exact) mass is 243 g/mol. The van der Waals surface area contributed by atoms with E-state index in [0.29, 0.717) is 22.1 Å². The van der Waals surface area contributed by atoms with Crippen LogP contribution in [0.2, 0.25) is 5.02 Å². The summed E-state index contributed by atoms with van der Waals surface area (Å²) in [7, 11) is 0. The highest BCUT2D eigenvalue weighted by atomic mass is 35.5. The van der Waals surface area contributed by atoms with Crippen LogP contribution in [-0.4, -0.2) is 10.2 Å². The number of nitrogens with two attached hydrogens (primary N) is 1. The third-order valence-electron chi connectivity index (χ3n) is 1.86. The summed E-state index contributed by atoms with van der Waals surface area (Å²) in [5, 5.41) is 8.64. The van der Waals surface area contributed by atoms with Crippen molar-refractivity contribution in [2.24, 2.45) is 0 Å². The molecular formula is C9H7ClFN3S. The summed E-state index contributed by atoms with van der Waals surface area (Å²) in [6.07, 6.45) is 0.362. The van der Waals surface area contributed by atoms with E-state index < -0.39 is 5.82 Å². The number of benzene rings is 1. The molecule has 2 rings (SSSR count). The maximum atomic E-state index is 13.5. The van der Waals surface area contributed by atoms with E-state index in [1.54, 1.807) is 12.1 Å². The average molecular weight is 244 g/mol. The molecule has 2 aromatic rings. The molecule has 0 aliphatic carbocycles. The highest BCUT2D eigenvalue weighted by molar-refractivity contribution is 7.15. The minimum Gasteiger partial charge on any atom is -0.374 e. The summed E-state index contributed by atoms with van der Waals surface area (Å²) in [5.74, 6) is -0.409. The fourth-order valence-corrected chi connectivity index (χ4v) is 2.01. The molecule has 15 heavy (non-hydrogen) atoms. The number of hydrogen-bond donors (Lipinski definition) is 1. The first-order valence-electron chi connectivity index (χ1n) is 4.17. The van der Waals surface area contributed by atoms with Gasteiger partial charge >= 0.3 is 0 Å². The van der Waals surface area contributed by atoms with Crippen LogP contribution < -0.4 is 5.73 Å². The summed E-state index contributed by atoms with van der Waals surface area (Å²) in [6, 6.07) is 4.87. The summed E-state index contributed by atoms with van der Waals surface area (Å²) >= 11 is 6.90. The van der Waals surface area contributed by atoms with Gasteiger partial charge in [-0.15, -0.1) is 10.2 Å². The van der Waals surface area contributed by atoms with Gasteiger partial charge in [0.1, 0.15) is 10.8 Å². The van der Waals surface area contributed by atoms with Gasteiger partial charge in [-0.3, -0.25) is 0 Å².